The summed E-state index contributed by atoms with van der Waals surface area (Å²) in [6.45, 7) is 5.28. The van der Waals surface area contributed by atoms with Crippen molar-refractivity contribution in [1.82, 2.24) is 15.5 Å². The molecule has 134 valence electrons. The van der Waals surface area contributed by atoms with Gasteiger partial charge in [-0.15, -0.1) is 0 Å². The number of hydrogen-bond acceptors (Lipinski definition) is 3. The van der Waals surface area contributed by atoms with Gasteiger partial charge in [-0.05, 0) is 43.5 Å². The molecule has 2 N–H and O–H groups in total. The molecule has 0 aromatic heterocycles. The van der Waals surface area contributed by atoms with E-state index in [1.54, 1.807) is 4.90 Å². The van der Waals surface area contributed by atoms with Crippen LogP contribution in [0.5, 0.6) is 0 Å². The number of rotatable bonds is 3. The number of nitrogens with one attached hydrogen (secondary N) is 2. The fourth-order valence-electron chi connectivity index (χ4n) is 4.36. The van der Waals surface area contributed by atoms with Crippen LogP contribution in [0.25, 0.3) is 0 Å². The first-order valence-electron chi connectivity index (χ1n) is 9.28. The molecule has 6 nitrogen and oxygen atoms in total. The molecular weight excluding hydrogens is 316 g/mol. The molecule has 3 fully saturated rings. The Balaban J connectivity index is 1.38. The minimum Gasteiger partial charge on any atom is -0.342 e. The van der Waals surface area contributed by atoms with Crippen molar-refractivity contribution < 1.29 is 9.59 Å². The van der Waals surface area contributed by atoms with Crippen LogP contribution in [0, 0.1) is 5.41 Å². The zero-order chi connectivity index (χ0) is 17.3. The number of benzene rings is 1. The third-order valence-corrected chi connectivity index (χ3v) is 5.81. The Morgan fingerprint density at radius 3 is 2.64 bits per heavy atom. The van der Waals surface area contributed by atoms with Gasteiger partial charge in [0, 0.05) is 43.8 Å². The zero-order valence-corrected chi connectivity index (χ0v) is 14.6. The van der Waals surface area contributed by atoms with Crippen LogP contribution in [0.1, 0.15) is 24.8 Å². The lowest BCUT2D eigenvalue weighted by molar-refractivity contribution is -0.133. The highest BCUT2D eigenvalue weighted by molar-refractivity contribution is 5.94. The Labute approximate surface area is 148 Å². The number of anilines is 1. The molecule has 0 aliphatic carbocycles. The second kappa shape index (κ2) is 6.67. The van der Waals surface area contributed by atoms with E-state index in [4.69, 9.17) is 0 Å². The summed E-state index contributed by atoms with van der Waals surface area (Å²) in [6.07, 6.45) is 3.96. The maximum absolute atomic E-state index is 12.7. The van der Waals surface area contributed by atoms with E-state index in [1.807, 2.05) is 24.3 Å². The Morgan fingerprint density at radius 1 is 1.12 bits per heavy atom. The van der Waals surface area contributed by atoms with Crippen LogP contribution < -0.4 is 15.5 Å². The number of carbonyl (C=O) groups excluding carboxylic acids is 2. The molecule has 0 unspecified atom stereocenters. The van der Waals surface area contributed by atoms with Crippen LogP contribution in [-0.2, 0) is 11.2 Å². The number of hydrogen-bond donors (Lipinski definition) is 2. The molecule has 0 radical (unpaired) electrons. The Hall–Kier alpha value is -2.08. The Kier molecular flexibility index (Phi) is 4.37. The van der Waals surface area contributed by atoms with Crippen LogP contribution in [0.4, 0.5) is 10.5 Å². The molecule has 3 saturated heterocycles. The SMILES string of the molecule is O=C(Cc1ccc(N2CCNC2=O)cc1)N1CCC[C@]2(CCNC2)C1. The first kappa shape index (κ1) is 16.4. The highest BCUT2D eigenvalue weighted by Gasteiger charge is 2.39. The van der Waals surface area contributed by atoms with Crippen molar-refractivity contribution in [3.63, 3.8) is 0 Å². The molecule has 1 aromatic carbocycles. The van der Waals surface area contributed by atoms with Crippen molar-refractivity contribution in [2.24, 2.45) is 5.41 Å². The molecule has 3 amide bonds. The summed E-state index contributed by atoms with van der Waals surface area (Å²) < 4.78 is 0. The quantitative estimate of drug-likeness (QED) is 0.872. The fourth-order valence-corrected chi connectivity index (χ4v) is 4.36. The lowest BCUT2D eigenvalue weighted by Gasteiger charge is -2.40. The summed E-state index contributed by atoms with van der Waals surface area (Å²) in [4.78, 5) is 28.2. The molecule has 4 rings (SSSR count). The van der Waals surface area contributed by atoms with E-state index in [2.05, 4.69) is 15.5 Å². The standard InChI is InChI=1S/C19H26N4O2/c24-17(22-10-1-6-19(14-22)7-8-20-13-19)12-15-2-4-16(5-3-15)23-11-9-21-18(23)25/h2-5,20H,1,6-14H2,(H,21,25)/t19-/m1/s1. The predicted octanol–water partition coefficient (Wildman–Crippen LogP) is 1.36. The van der Waals surface area contributed by atoms with E-state index in [1.165, 1.54) is 12.8 Å². The maximum atomic E-state index is 12.7. The fraction of sp³-hybridized carbons (Fsp3) is 0.579. The number of likely N-dealkylation sites (tertiary alicyclic amines) is 1. The van der Waals surface area contributed by atoms with Gasteiger partial charge < -0.3 is 15.5 Å². The summed E-state index contributed by atoms with van der Waals surface area (Å²) in [7, 11) is 0. The van der Waals surface area contributed by atoms with Gasteiger partial charge in [0.2, 0.25) is 5.91 Å². The summed E-state index contributed by atoms with van der Waals surface area (Å²) in [6, 6.07) is 7.76. The molecule has 1 spiro atoms. The van der Waals surface area contributed by atoms with E-state index < -0.39 is 0 Å². The van der Waals surface area contributed by atoms with E-state index >= 15 is 0 Å². The first-order valence-corrected chi connectivity index (χ1v) is 9.28. The summed E-state index contributed by atoms with van der Waals surface area (Å²) >= 11 is 0. The third kappa shape index (κ3) is 3.35. The molecule has 0 bridgehead atoms. The summed E-state index contributed by atoms with van der Waals surface area (Å²) in [5, 5.41) is 6.26. The smallest absolute Gasteiger partial charge is 0.321 e. The van der Waals surface area contributed by atoms with Crippen molar-refractivity contribution in [1.29, 1.82) is 0 Å². The van der Waals surface area contributed by atoms with E-state index in [0.717, 1.165) is 43.9 Å². The van der Waals surface area contributed by atoms with Gasteiger partial charge in [-0.2, -0.15) is 0 Å². The van der Waals surface area contributed by atoms with Crippen LogP contribution in [0.15, 0.2) is 24.3 Å². The minimum absolute atomic E-state index is 0.0485. The molecular formula is C19H26N4O2. The molecule has 0 saturated carbocycles. The lowest BCUT2D eigenvalue weighted by Crippen LogP contribution is -2.47. The van der Waals surface area contributed by atoms with Crippen molar-refractivity contribution in [2.75, 3.05) is 44.2 Å². The van der Waals surface area contributed by atoms with E-state index in [0.29, 0.717) is 24.9 Å². The molecule has 6 heteroatoms. The van der Waals surface area contributed by atoms with Gasteiger partial charge in [0.15, 0.2) is 0 Å². The van der Waals surface area contributed by atoms with Crippen molar-refractivity contribution in [2.45, 2.75) is 25.7 Å². The molecule has 3 heterocycles. The number of piperidine rings is 1. The van der Waals surface area contributed by atoms with Crippen molar-refractivity contribution in [3.05, 3.63) is 29.8 Å². The molecule has 1 atom stereocenters. The Morgan fingerprint density at radius 2 is 1.96 bits per heavy atom. The van der Waals surface area contributed by atoms with Crippen molar-refractivity contribution >= 4 is 17.6 Å². The normalized spacial score (nSPS) is 26.3. The largest absolute Gasteiger partial charge is 0.342 e. The summed E-state index contributed by atoms with van der Waals surface area (Å²) in [5.74, 6) is 0.220. The molecule has 25 heavy (non-hydrogen) atoms. The van der Waals surface area contributed by atoms with Gasteiger partial charge in [0.25, 0.3) is 0 Å². The molecule has 1 aromatic rings. The second-order valence-corrected chi connectivity index (χ2v) is 7.57. The van der Waals surface area contributed by atoms with Crippen LogP contribution >= 0.6 is 0 Å². The second-order valence-electron chi connectivity index (χ2n) is 7.57. The van der Waals surface area contributed by atoms with Crippen molar-refractivity contribution in [3.8, 4) is 0 Å². The van der Waals surface area contributed by atoms with Crippen LogP contribution in [-0.4, -0.2) is 56.1 Å². The summed E-state index contributed by atoms with van der Waals surface area (Å²) in [5.41, 5.74) is 2.21. The Bertz CT molecular complexity index is 652. The van der Waals surface area contributed by atoms with Gasteiger partial charge >= 0.3 is 6.03 Å². The van der Waals surface area contributed by atoms with E-state index in [-0.39, 0.29) is 11.9 Å². The third-order valence-electron chi connectivity index (χ3n) is 5.81. The number of amides is 3. The molecule has 3 aliphatic heterocycles. The van der Waals surface area contributed by atoms with Crippen LogP contribution in [0.2, 0.25) is 0 Å². The predicted molar refractivity (Wildman–Crippen MR) is 96.6 cm³/mol. The first-order chi connectivity index (χ1) is 12.2. The molecule has 3 aliphatic rings. The van der Waals surface area contributed by atoms with E-state index in [9.17, 15) is 9.59 Å². The monoisotopic (exact) mass is 342 g/mol. The number of urea groups is 1. The number of nitrogens with zero attached hydrogens (tertiary/aromatic N) is 2. The average Bonchev–Trinajstić information content (AvgIpc) is 3.25. The number of carbonyl (C=O) groups is 2. The van der Waals surface area contributed by atoms with Gasteiger partial charge in [0.05, 0.1) is 6.42 Å². The topological polar surface area (TPSA) is 64.7 Å². The maximum Gasteiger partial charge on any atom is 0.321 e. The van der Waals surface area contributed by atoms with Gasteiger partial charge in [-0.1, -0.05) is 12.1 Å². The van der Waals surface area contributed by atoms with Crippen LogP contribution in [0.3, 0.4) is 0 Å². The highest BCUT2D eigenvalue weighted by Crippen LogP contribution is 2.35. The highest BCUT2D eigenvalue weighted by atomic mass is 16.2. The van der Waals surface area contributed by atoms with Gasteiger partial charge in [0.1, 0.15) is 0 Å². The average molecular weight is 342 g/mol. The minimum atomic E-state index is -0.0485. The van der Waals surface area contributed by atoms with Gasteiger partial charge in [-0.3, -0.25) is 9.69 Å². The lowest BCUT2D eigenvalue weighted by atomic mass is 9.79. The van der Waals surface area contributed by atoms with Gasteiger partial charge in [-0.25, -0.2) is 4.79 Å². The zero-order valence-electron chi connectivity index (χ0n) is 14.6.